The third kappa shape index (κ3) is 5.49. The molecule has 1 aromatic heterocycles. The molecule has 1 fully saturated rings. The topological polar surface area (TPSA) is 68.6 Å². The lowest BCUT2D eigenvalue weighted by atomic mass is 10.1. The molecular weight excluding hydrogens is 440 g/mol. The molecule has 2 heterocycles. The zero-order valence-corrected chi connectivity index (χ0v) is 19.8. The molecule has 1 amide bonds. The van der Waals surface area contributed by atoms with Crippen molar-refractivity contribution in [3.05, 3.63) is 59.2 Å². The fourth-order valence-electron chi connectivity index (χ4n) is 4.06. The van der Waals surface area contributed by atoms with Crippen molar-refractivity contribution in [3.8, 4) is 28.4 Å². The molecule has 0 spiro atoms. The van der Waals surface area contributed by atoms with Gasteiger partial charge in [0.2, 0.25) is 0 Å². The molecule has 0 atom stereocenters. The van der Waals surface area contributed by atoms with Crippen LogP contribution in [0.15, 0.2) is 48.5 Å². The van der Waals surface area contributed by atoms with E-state index in [0.717, 1.165) is 30.9 Å². The normalized spacial score (nSPS) is 14.2. The van der Waals surface area contributed by atoms with Gasteiger partial charge in [0, 0.05) is 29.7 Å². The Morgan fingerprint density at radius 1 is 1.03 bits per heavy atom. The van der Waals surface area contributed by atoms with Crippen molar-refractivity contribution in [2.45, 2.75) is 19.3 Å². The van der Waals surface area contributed by atoms with Crippen LogP contribution in [0.1, 0.15) is 29.8 Å². The fourth-order valence-corrected chi connectivity index (χ4v) is 4.19. The smallest absolute Gasteiger partial charge is 0.270 e. The molecule has 1 aliphatic rings. The summed E-state index contributed by atoms with van der Waals surface area (Å²) in [5.41, 5.74) is 2.60. The van der Waals surface area contributed by atoms with Crippen LogP contribution >= 0.6 is 11.6 Å². The first-order chi connectivity index (χ1) is 16.1. The van der Waals surface area contributed by atoms with Crippen LogP contribution in [0.4, 0.5) is 0 Å². The van der Waals surface area contributed by atoms with E-state index in [1.807, 2.05) is 24.3 Å². The van der Waals surface area contributed by atoms with Gasteiger partial charge in [-0.3, -0.25) is 4.79 Å². The quantitative estimate of drug-likeness (QED) is 0.529. The van der Waals surface area contributed by atoms with E-state index in [2.05, 4.69) is 10.2 Å². The maximum Gasteiger partial charge on any atom is 0.270 e. The second-order valence-electron chi connectivity index (χ2n) is 8.03. The molecule has 3 aromatic rings. The summed E-state index contributed by atoms with van der Waals surface area (Å²) >= 11 is 6.07. The number of nitrogens with zero attached hydrogens (tertiary/aromatic N) is 3. The van der Waals surface area contributed by atoms with E-state index in [-0.39, 0.29) is 5.91 Å². The van der Waals surface area contributed by atoms with E-state index in [0.29, 0.717) is 34.5 Å². The Hall–Kier alpha value is -3.03. The highest BCUT2D eigenvalue weighted by Gasteiger charge is 2.20. The number of carbonyl (C=O) groups is 1. The van der Waals surface area contributed by atoms with Gasteiger partial charge in [0.1, 0.15) is 17.2 Å². The van der Waals surface area contributed by atoms with Crippen molar-refractivity contribution in [1.29, 1.82) is 0 Å². The van der Waals surface area contributed by atoms with Crippen LogP contribution in [-0.2, 0) is 0 Å². The Kier molecular flexibility index (Phi) is 7.52. The molecule has 1 saturated heterocycles. The summed E-state index contributed by atoms with van der Waals surface area (Å²) in [6.45, 7) is 3.63. The zero-order valence-electron chi connectivity index (χ0n) is 19.0. The molecule has 0 bridgehead atoms. The number of nitrogens with one attached hydrogen (secondary N) is 1. The number of halogens is 1. The summed E-state index contributed by atoms with van der Waals surface area (Å²) in [5.74, 6) is 1.13. The van der Waals surface area contributed by atoms with Crippen LogP contribution in [0, 0.1) is 0 Å². The minimum absolute atomic E-state index is 0.173. The summed E-state index contributed by atoms with van der Waals surface area (Å²) in [6, 6.07) is 14.6. The number of benzene rings is 2. The van der Waals surface area contributed by atoms with E-state index >= 15 is 0 Å². The first kappa shape index (κ1) is 23.1. The van der Waals surface area contributed by atoms with E-state index < -0.39 is 0 Å². The molecule has 0 unspecified atom stereocenters. The van der Waals surface area contributed by atoms with Crippen molar-refractivity contribution in [3.63, 3.8) is 0 Å². The van der Waals surface area contributed by atoms with E-state index in [1.165, 1.54) is 19.3 Å². The number of hydrogen-bond acceptors (Lipinski definition) is 5. The summed E-state index contributed by atoms with van der Waals surface area (Å²) < 4.78 is 12.5. The Balaban J connectivity index is 1.62. The van der Waals surface area contributed by atoms with Crippen molar-refractivity contribution in [2.75, 3.05) is 40.4 Å². The Bertz CT molecular complexity index is 1090. The van der Waals surface area contributed by atoms with Gasteiger partial charge >= 0.3 is 0 Å². The van der Waals surface area contributed by atoms with Crippen LogP contribution in [0.5, 0.6) is 11.5 Å². The maximum atomic E-state index is 13.2. The third-order valence-electron chi connectivity index (χ3n) is 5.86. The second-order valence-corrected chi connectivity index (χ2v) is 8.46. The number of carbonyl (C=O) groups excluding carboxylic acids is 1. The molecule has 2 aromatic carbocycles. The van der Waals surface area contributed by atoms with Gasteiger partial charge in [0.15, 0.2) is 0 Å². The minimum atomic E-state index is -0.173. The lowest BCUT2D eigenvalue weighted by Crippen LogP contribution is -2.38. The average Bonchev–Trinajstić information content (AvgIpc) is 3.30. The molecule has 174 valence electrons. The van der Waals surface area contributed by atoms with E-state index in [9.17, 15) is 4.79 Å². The first-order valence-corrected chi connectivity index (χ1v) is 11.6. The highest BCUT2D eigenvalue weighted by atomic mass is 35.5. The highest BCUT2D eigenvalue weighted by molar-refractivity contribution is 6.30. The van der Waals surface area contributed by atoms with Crippen molar-refractivity contribution in [2.24, 2.45) is 0 Å². The molecule has 0 aliphatic carbocycles. The average molecular weight is 469 g/mol. The summed E-state index contributed by atoms with van der Waals surface area (Å²) in [4.78, 5) is 15.6. The lowest BCUT2D eigenvalue weighted by Gasteiger charge is -2.26. The van der Waals surface area contributed by atoms with E-state index in [1.54, 1.807) is 43.2 Å². The standard InChI is InChI=1S/C25H29ClN4O3/c1-32-20-10-11-21(24(16-20)33-2)22-17-23(30(28-22)19-8-6-18(26)7-9-19)25(31)27-12-15-29-13-4-3-5-14-29/h6-11,16-17H,3-5,12-15H2,1-2H3,(H,27,31). The predicted octanol–water partition coefficient (Wildman–Crippen LogP) is 4.43. The molecular formula is C25H29ClN4O3. The first-order valence-electron chi connectivity index (χ1n) is 11.2. The molecule has 1 aliphatic heterocycles. The van der Waals surface area contributed by atoms with Gasteiger partial charge in [-0.2, -0.15) is 5.10 Å². The van der Waals surface area contributed by atoms with Gasteiger partial charge < -0.3 is 19.7 Å². The molecule has 8 heteroatoms. The number of ether oxygens (including phenoxy) is 2. The number of methoxy groups -OCH3 is 2. The van der Waals surface area contributed by atoms with Gasteiger partial charge in [0.25, 0.3) is 5.91 Å². The maximum absolute atomic E-state index is 13.2. The Labute approximate surface area is 199 Å². The van der Waals surface area contributed by atoms with Crippen molar-refractivity contribution < 1.29 is 14.3 Å². The number of hydrogen-bond donors (Lipinski definition) is 1. The van der Waals surface area contributed by atoms with Gasteiger partial charge in [0.05, 0.1) is 25.6 Å². The van der Waals surface area contributed by atoms with Gasteiger partial charge in [-0.15, -0.1) is 0 Å². The third-order valence-corrected chi connectivity index (χ3v) is 6.11. The number of likely N-dealkylation sites (tertiary alicyclic amines) is 1. The van der Waals surface area contributed by atoms with Gasteiger partial charge in [-0.05, 0) is 68.4 Å². The summed E-state index contributed by atoms with van der Waals surface area (Å²) in [7, 11) is 3.21. The molecule has 0 radical (unpaired) electrons. The van der Waals surface area contributed by atoms with Crippen LogP contribution in [0.3, 0.4) is 0 Å². The number of aromatic nitrogens is 2. The molecule has 4 rings (SSSR count). The number of rotatable bonds is 8. The number of piperidine rings is 1. The van der Waals surface area contributed by atoms with Crippen LogP contribution in [-0.4, -0.2) is 61.0 Å². The zero-order chi connectivity index (χ0) is 23.2. The molecule has 0 saturated carbocycles. The van der Waals surface area contributed by atoms with E-state index in [4.69, 9.17) is 26.2 Å². The SMILES string of the molecule is COc1ccc(-c2cc(C(=O)NCCN3CCCCC3)n(-c3ccc(Cl)cc3)n2)c(OC)c1. The van der Waals surface area contributed by atoms with Gasteiger partial charge in [-0.1, -0.05) is 18.0 Å². The largest absolute Gasteiger partial charge is 0.497 e. The van der Waals surface area contributed by atoms with Crippen LogP contribution < -0.4 is 14.8 Å². The van der Waals surface area contributed by atoms with Crippen molar-refractivity contribution >= 4 is 17.5 Å². The Morgan fingerprint density at radius 3 is 2.48 bits per heavy atom. The fraction of sp³-hybridized carbons (Fsp3) is 0.360. The predicted molar refractivity (Wildman–Crippen MR) is 130 cm³/mol. The monoisotopic (exact) mass is 468 g/mol. The lowest BCUT2D eigenvalue weighted by molar-refractivity contribution is 0.0939. The second kappa shape index (κ2) is 10.7. The molecule has 7 nitrogen and oxygen atoms in total. The summed E-state index contributed by atoms with van der Waals surface area (Å²) in [6.07, 6.45) is 3.75. The molecule has 33 heavy (non-hydrogen) atoms. The summed E-state index contributed by atoms with van der Waals surface area (Å²) in [5, 5.41) is 8.43. The minimum Gasteiger partial charge on any atom is -0.497 e. The Morgan fingerprint density at radius 2 is 1.79 bits per heavy atom. The highest BCUT2D eigenvalue weighted by Crippen LogP contribution is 2.33. The van der Waals surface area contributed by atoms with Crippen LogP contribution in [0.2, 0.25) is 5.02 Å². The van der Waals surface area contributed by atoms with Crippen LogP contribution in [0.25, 0.3) is 16.9 Å². The van der Waals surface area contributed by atoms with Crippen molar-refractivity contribution in [1.82, 2.24) is 20.0 Å². The number of amides is 1. The van der Waals surface area contributed by atoms with Gasteiger partial charge in [-0.25, -0.2) is 4.68 Å². The molecule has 1 N–H and O–H groups in total.